The lowest BCUT2D eigenvalue weighted by Crippen LogP contribution is -2.14. The zero-order valence-corrected chi connectivity index (χ0v) is 11.4. The summed E-state index contributed by atoms with van der Waals surface area (Å²) in [5.74, 6) is -0.350. The van der Waals surface area contributed by atoms with Gasteiger partial charge in [0.15, 0.2) is 0 Å². The maximum Gasteiger partial charge on any atom is 0.248 e. The summed E-state index contributed by atoms with van der Waals surface area (Å²) >= 11 is 0. The molecule has 0 fully saturated rings. The third-order valence-electron chi connectivity index (χ3n) is 3.30. The Morgan fingerprint density at radius 1 is 1.11 bits per heavy atom. The second-order valence-electron chi connectivity index (χ2n) is 4.81. The van der Waals surface area contributed by atoms with Crippen molar-refractivity contribution in [1.29, 1.82) is 0 Å². The summed E-state index contributed by atoms with van der Waals surface area (Å²) in [7, 11) is 0. The lowest BCUT2D eigenvalue weighted by molar-refractivity contribution is 0.0999. The van der Waals surface area contributed by atoms with Crippen LogP contribution in [0.25, 0.3) is 11.1 Å². The number of benzene rings is 2. The standard InChI is InChI=1S/C17H19NO/c1-3-5-15-14(6-4-7-16(15)17(18)19)13-10-8-12(2)9-11-13/h4,6-11H,3,5H2,1-2H3,(H2,18,19). The largest absolute Gasteiger partial charge is 0.366 e. The van der Waals surface area contributed by atoms with Gasteiger partial charge >= 0.3 is 0 Å². The molecule has 2 aromatic rings. The van der Waals surface area contributed by atoms with Gasteiger partial charge in [0.25, 0.3) is 0 Å². The van der Waals surface area contributed by atoms with Crippen molar-refractivity contribution in [2.24, 2.45) is 5.73 Å². The molecule has 0 saturated heterocycles. The highest BCUT2D eigenvalue weighted by Gasteiger charge is 2.12. The molecule has 0 atom stereocenters. The number of rotatable bonds is 4. The number of hydrogen-bond acceptors (Lipinski definition) is 1. The average molecular weight is 253 g/mol. The molecule has 2 N–H and O–H groups in total. The molecule has 98 valence electrons. The third-order valence-corrected chi connectivity index (χ3v) is 3.30. The van der Waals surface area contributed by atoms with Crippen LogP contribution in [-0.4, -0.2) is 5.91 Å². The molecule has 2 rings (SSSR count). The Hall–Kier alpha value is -2.09. The summed E-state index contributed by atoms with van der Waals surface area (Å²) in [6, 6.07) is 14.1. The zero-order chi connectivity index (χ0) is 13.8. The minimum atomic E-state index is -0.350. The molecule has 19 heavy (non-hydrogen) atoms. The Bertz CT molecular complexity index is 585. The highest BCUT2D eigenvalue weighted by atomic mass is 16.1. The zero-order valence-electron chi connectivity index (χ0n) is 11.4. The Kier molecular flexibility index (Phi) is 4.00. The van der Waals surface area contributed by atoms with Crippen molar-refractivity contribution in [1.82, 2.24) is 0 Å². The van der Waals surface area contributed by atoms with Crippen molar-refractivity contribution in [2.45, 2.75) is 26.7 Å². The van der Waals surface area contributed by atoms with Gasteiger partial charge in [-0.25, -0.2) is 0 Å². The van der Waals surface area contributed by atoms with Gasteiger partial charge in [0, 0.05) is 5.56 Å². The number of carbonyl (C=O) groups excluding carboxylic acids is 1. The minimum absolute atomic E-state index is 0.350. The van der Waals surface area contributed by atoms with Gasteiger partial charge in [-0.15, -0.1) is 0 Å². The van der Waals surface area contributed by atoms with Gasteiger partial charge in [-0.3, -0.25) is 4.79 Å². The number of primary amides is 1. The van der Waals surface area contributed by atoms with Crippen molar-refractivity contribution >= 4 is 5.91 Å². The van der Waals surface area contributed by atoms with Crippen molar-refractivity contribution in [3.63, 3.8) is 0 Å². The molecule has 0 bridgehead atoms. The van der Waals surface area contributed by atoms with Crippen LogP contribution < -0.4 is 5.73 Å². The van der Waals surface area contributed by atoms with Gasteiger partial charge in [-0.05, 0) is 36.1 Å². The van der Waals surface area contributed by atoms with Gasteiger partial charge in [0.05, 0.1) is 0 Å². The van der Waals surface area contributed by atoms with E-state index in [1.807, 2.05) is 12.1 Å². The van der Waals surface area contributed by atoms with Gasteiger partial charge in [0.1, 0.15) is 0 Å². The summed E-state index contributed by atoms with van der Waals surface area (Å²) in [6.07, 6.45) is 1.85. The third kappa shape index (κ3) is 2.84. The quantitative estimate of drug-likeness (QED) is 0.886. The number of nitrogens with two attached hydrogens (primary N) is 1. The molecule has 0 radical (unpaired) electrons. The molecule has 1 amide bonds. The molecule has 0 aliphatic carbocycles. The van der Waals surface area contributed by atoms with E-state index in [1.54, 1.807) is 0 Å². The number of aryl methyl sites for hydroxylation is 1. The van der Waals surface area contributed by atoms with Crippen molar-refractivity contribution < 1.29 is 4.79 Å². The average Bonchev–Trinajstić information content (AvgIpc) is 2.40. The normalized spacial score (nSPS) is 10.4. The van der Waals surface area contributed by atoms with Crippen LogP contribution in [0, 0.1) is 6.92 Å². The van der Waals surface area contributed by atoms with Crippen LogP contribution in [0.1, 0.15) is 34.8 Å². The van der Waals surface area contributed by atoms with Gasteiger partial charge < -0.3 is 5.73 Å². The smallest absolute Gasteiger partial charge is 0.248 e. The van der Waals surface area contributed by atoms with E-state index in [2.05, 4.69) is 44.2 Å². The SMILES string of the molecule is CCCc1c(C(N)=O)cccc1-c1ccc(C)cc1. The van der Waals surface area contributed by atoms with Gasteiger partial charge in [-0.1, -0.05) is 55.3 Å². The second kappa shape index (κ2) is 5.70. The number of amides is 1. The van der Waals surface area contributed by atoms with E-state index in [-0.39, 0.29) is 5.91 Å². The van der Waals surface area contributed by atoms with Crippen molar-refractivity contribution in [2.75, 3.05) is 0 Å². The Balaban J connectivity index is 2.58. The second-order valence-corrected chi connectivity index (χ2v) is 4.81. The highest BCUT2D eigenvalue weighted by Crippen LogP contribution is 2.27. The van der Waals surface area contributed by atoms with Gasteiger partial charge in [0.2, 0.25) is 5.91 Å². The Morgan fingerprint density at radius 3 is 2.37 bits per heavy atom. The topological polar surface area (TPSA) is 43.1 Å². The van der Waals surface area contributed by atoms with E-state index in [4.69, 9.17) is 5.73 Å². The molecule has 2 heteroatoms. The fourth-order valence-electron chi connectivity index (χ4n) is 2.34. The van der Waals surface area contributed by atoms with Crippen LogP contribution in [0.2, 0.25) is 0 Å². The van der Waals surface area contributed by atoms with E-state index in [1.165, 1.54) is 5.56 Å². The molecule has 0 aliphatic rings. The van der Waals surface area contributed by atoms with Crippen LogP contribution in [-0.2, 0) is 6.42 Å². The van der Waals surface area contributed by atoms with Gasteiger partial charge in [-0.2, -0.15) is 0 Å². The summed E-state index contributed by atoms with van der Waals surface area (Å²) in [6.45, 7) is 4.17. The van der Waals surface area contributed by atoms with Crippen LogP contribution in [0.15, 0.2) is 42.5 Å². The molecule has 0 heterocycles. The molecule has 0 aromatic heterocycles. The minimum Gasteiger partial charge on any atom is -0.366 e. The van der Waals surface area contributed by atoms with E-state index >= 15 is 0 Å². The number of carbonyl (C=O) groups is 1. The molecule has 0 saturated carbocycles. The fraction of sp³-hybridized carbons (Fsp3) is 0.235. The molecule has 0 spiro atoms. The van der Waals surface area contributed by atoms with E-state index < -0.39 is 0 Å². The summed E-state index contributed by atoms with van der Waals surface area (Å²) < 4.78 is 0. The molecule has 0 unspecified atom stereocenters. The lowest BCUT2D eigenvalue weighted by atomic mass is 9.92. The van der Waals surface area contributed by atoms with Crippen LogP contribution in [0.5, 0.6) is 0 Å². The predicted octanol–water partition coefficient (Wildman–Crippen LogP) is 3.71. The molecule has 2 nitrogen and oxygen atoms in total. The summed E-state index contributed by atoms with van der Waals surface area (Å²) in [5, 5.41) is 0. The van der Waals surface area contributed by atoms with E-state index in [9.17, 15) is 4.79 Å². The van der Waals surface area contributed by atoms with Crippen LogP contribution >= 0.6 is 0 Å². The number of hydrogen-bond donors (Lipinski definition) is 1. The predicted molar refractivity (Wildman–Crippen MR) is 79.1 cm³/mol. The Labute approximate surface area is 114 Å². The van der Waals surface area contributed by atoms with E-state index in [0.717, 1.165) is 29.5 Å². The molecular formula is C17H19NO. The van der Waals surface area contributed by atoms with E-state index in [0.29, 0.717) is 5.56 Å². The molecule has 0 aliphatic heterocycles. The summed E-state index contributed by atoms with van der Waals surface area (Å²) in [4.78, 5) is 11.6. The molecular weight excluding hydrogens is 234 g/mol. The van der Waals surface area contributed by atoms with Crippen LogP contribution in [0.4, 0.5) is 0 Å². The monoisotopic (exact) mass is 253 g/mol. The first kappa shape index (κ1) is 13.3. The fourth-order valence-corrected chi connectivity index (χ4v) is 2.34. The first-order valence-electron chi connectivity index (χ1n) is 6.62. The van der Waals surface area contributed by atoms with Crippen molar-refractivity contribution in [3.8, 4) is 11.1 Å². The Morgan fingerprint density at radius 2 is 1.79 bits per heavy atom. The maximum atomic E-state index is 11.6. The molecule has 2 aromatic carbocycles. The highest BCUT2D eigenvalue weighted by molar-refractivity contribution is 5.96. The maximum absolute atomic E-state index is 11.6. The van der Waals surface area contributed by atoms with Crippen molar-refractivity contribution in [3.05, 3.63) is 59.2 Å². The lowest BCUT2D eigenvalue weighted by Gasteiger charge is -2.13. The first-order valence-corrected chi connectivity index (χ1v) is 6.62. The van der Waals surface area contributed by atoms with Crippen LogP contribution in [0.3, 0.4) is 0 Å². The summed E-state index contributed by atoms with van der Waals surface area (Å²) in [5.41, 5.74) is 10.6. The first-order chi connectivity index (χ1) is 9.13.